The fourth-order valence-electron chi connectivity index (χ4n) is 2.49. The van der Waals surface area contributed by atoms with Crippen LogP contribution in [0.25, 0.3) is 0 Å². The van der Waals surface area contributed by atoms with Crippen molar-refractivity contribution in [2.75, 3.05) is 19.7 Å². The second-order valence-electron chi connectivity index (χ2n) is 5.44. The molecule has 0 saturated carbocycles. The molecule has 0 unspecified atom stereocenters. The number of benzene rings is 1. The quantitative estimate of drug-likeness (QED) is 0.655. The van der Waals surface area contributed by atoms with Gasteiger partial charge >= 0.3 is 6.09 Å². The fourth-order valence-corrected chi connectivity index (χ4v) is 2.49. The Morgan fingerprint density at radius 1 is 1.48 bits per heavy atom. The van der Waals surface area contributed by atoms with Crippen LogP contribution in [-0.4, -0.2) is 42.7 Å². The maximum Gasteiger partial charge on any atom is 0.409 e. The number of likely N-dealkylation sites (tertiary alicyclic amines) is 1. The molecule has 0 aliphatic carbocycles. The number of hydrogen-bond acceptors (Lipinski definition) is 3. The number of aliphatic imine (C=N–C) groups is 1. The molecule has 3 N–H and O–H groups in total. The summed E-state index contributed by atoms with van der Waals surface area (Å²) in [5, 5.41) is 3.15. The summed E-state index contributed by atoms with van der Waals surface area (Å²) in [6.07, 6.45) is 1.31. The van der Waals surface area contributed by atoms with Crippen molar-refractivity contribution in [3.8, 4) is 0 Å². The largest absolute Gasteiger partial charge is 0.450 e. The molecule has 1 aliphatic rings. The first-order valence-corrected chi connectivity index (χ1v) is 7.81. The number of nitrogens with two attached hydrogens (primary N) is 1. The normalized spacial score (nSPS) is 16.3. The molecule has 1 aromatic carbocycles. The zero-order valence-electron chi connectivity index (χ0n) is 13.3. The van der Waals surface area contributed by atoms with Gasteiger partial charge in [-0.15, -0.1) is 0 Å². The van der Waals surface area contributed by atoms with E-state index in [0.29, 0.717) is 32.2 Å². The highest BCUT2D eigenvalue weighted by Crippen LogP contribution is 2.11. The molecule has 0 spiro atoms. The van der Waals surface area contributed by atoms with E-state index in [0.717, 1.165) is 18.4 Å². The van der Waals surface area contributed by atoms with Crippen molar-refractivity contribution < 1.29 is 13.9 Å². The maximum absolute atomic E-state index is 13.1. The van der Waals surface area contributed by atoms with Gasteiger partial charge in [0.2, 0.25) is 0 Å². The number of nitrogens with zero attached hydrogens (tertiary/aromatic N) is 2. The molecule has 6 nitrogen and oxygen atoms in total. The highest BCUT2D eigenvalue weighted by molar-refractivity contribution is 5.78. The highest BCUT2D eigenvalue weighted by Gasteiger charge is 2.23. The van der Waals surface area contributed by atoms with Gasteiger partial charge in [-0.25, -0.2) is 14.2 Å². The van der Waals surface area contributed by atoms with Crippen LogP contribution in [0.2, 0.25) is 0 Å². The summed E-state index contributed by atoms with van der Waals surface area (Å²) >= 11 is 0. The van der Waals surface area contributed by atoms with Gasteiger partial charge in [0.05, 0.1) is 13.2 Å². The fraction of sp³-hybridized carbons (Fsp3) is 0.500. The van der Waals surface area contributed by atoms with Gasteiger partial charge in [-0.1, -0.05) is 12.1 Å². The second kappa shape index (κ2) is 8.36. The van der Waals surface area contributed by atoms with Crippen molar-refractivity contribution in [1.29, 1.82) is 0 Å². The Kier molecular flexibility index (Phi) is 6.19. The molecule has 1 fully saturated rings. The molecule has 1 saturated heterocycles. The highest BCUT2D eigenvalue weighted by atomic mass is 19.1. The Hall–Kier alpha value is -2.31. The van der Waals surface area contributed by atoms with E-state index in [4.69, 9.17) is 10.5 Å². The molecular formula is C16H23FN4O2. The number of rotatable bonds is 4. The Morgan fingerprint density at radius 3 is 2.87 bits per heavy atom. The van der Waals surface area contributed by atoms with E-state index in [1.54, 1.807) is 24.0 Å². The van der Waals surface area contributed by atoms with Crippen molar-refractivity contribution in [1.82, 2.24) is 10.2 Å². The number of carbonyl (C=O) groups excluding carboxylic acids is 1. The molecule has 1 amide bonds. The van der Waals surface area contributed by atoms with Crippen LogP contribution in [0.3, 0.4) is 0 Å². The molecule has 126 valence electrons. The van der Waals surface area contributed by atoms with E-state index in [9.17, 15) is 9.18 Å². The van der Waals surface area contributed by atoms with Crippen LogP contribution in [0.5, 0.6) is 0 Å². The van der Waals surface area contributed by atoms with Gasteiger partial charge in [0.1, 0.15) is 5.82 Å². The van der Waals surface area contributed by atoms with E-state index in [1.807, 2.05) is 0 Å². The molecular weight excluding hydrogens is 299 g/mol. The van der Waals surface area contributed by atoms with E-state index in [2.05, 4.69) is 10.3 Å². The van der Waals surface area contributed by atoms with Crippen molar-refractivity contribution in [3.63, 3.8) is 0 Å². The summed E-state index contributed by atoms with van der Waals surface area (Å²) in [6.45, 7) is 3.78. The summed E-state index contributed by atoms with van der Waals surface area (Å²) in [6, 6.07) is 6.46. The summed E-state index contributed by atoms with van der Waals surface area (Å²) in [4.78, 5) is 17.5. The van der Waals surface area contributed by atoms with Crippen molar-refractivity contribution >= 4 is 12.1 Å². The first-order chi connectivity index (χ1) is 11.1. The molecule has 1 aliphatic heterocycles. The van der Waals surface area contributed by atoms with Gasteiger partial charge in [-0.3, -0.25) is 0 Å². The van der Waals surface area contributed by atoms with Crippen LogP contribution in [0.4, 0.5) is 9.18 Å². The average Bonchev–Trinajstić information content (AvgIpc) is 2.54. The third-order valence-electron chi connectivity index (χ3n) is 3.69. The van der Waals surface area contributed by atoms with Crippen LogP contribution in [0.15, 0.2) is 29.3 Å². The van der Waals surface area contributed by atoms with Gasteiger partial charge in [-0.2, -0.15) is 0 Å². The topological polar surface area (TPSA) is 80.0 Å². The van der Waals surface area contributed by atoms with Crippen LogP contribution < -0.4 is 11.1 Å². The summed E-state index contributed by atoms with van der Waals surface area (Å²) in [5.41, 5.74) is 6.64. The van der Waals surface area contributed by atoms with Crippen LogP contribution >= 0.6 is 0 Å². The number of guanidine groups is 1. The Balaban J connectivity index is 1.77. The van der Waals surface area contributed by atoms with Crippen molar-refractivity contribution in [2.24, 2.45) is 10.7 Å². The van der Waals surface area contributed by atoms with Crippen LogP contribution in [-0.2, 0) is 11.3 Å². The third-order valence-corrected chi connectivity index (χ3v) is 3.69. The molecule has 1 aromatic rings. The SMILES string of the molecule is CCOC(=O)N1CCC(NC(N)=NCc2cccc(F)c2)CC1. The first-order valence-electron chi connectivity index (χ1n) is 7.81. The molecule has 1 heterocycles. The lowest BCUT2D eigenvalue weighted by Gasteiger charge is -2.31. The Morgan fingerprint density at radius 2 is 2.22 bits per heavy atom. The Bertz CT molecular complexity index is 557. The van der Waals surface area contributed by atoms with Gasteiger partial charge in [-0.05, 0) is 37.5 Å². The molecule has 0 aromatic heterocycles. The number of piperidine rings is 1. The molecule has 23 heavy (non-hydrogen) atoms. The van der Waals surface area contributed by atoms with Gasteiger partial charge in [0.25, 0.3) is 0 Å². The lowest BCUT2D eigenvalue weighted by atomic mass is 10.1. The first kappa shape index (κ1) is 17.1. The predicted octanol–water partition coefficient (Wildman–Crippen LogP) is 1.85. The molecule has 0 atom stereocenters. The minimum Gasteiger partial charge on any atom is -0.450 e. The lowest BCUT2D eigenvalue weighted by molar-refractivity contribution is 0.0963. The van der Waals surface area contributed by atoms with Crippen molar-refractivity contribution in [3.05, 3.63) is 35.6 Å². The number of halogens is 1. The molecule has 2 rings (SSSR count). The molecule has 0 radical (unpaired) electrons. The summed E-state index contributed by atoms with van der Waals surface area (Å²) in [5.74, 6) is 0.0550. The second-order valence-corrected chi connectivity index (χ2v) is 5.44. The van der Waals surface area contributed by atoms with Gasteiger partial charge in [0, 0.05) is 19.1 Å². The standard InChI is InChI=1S/C16H23FN4O2/c1-2-23-16(22)21-8-6-14(7-9-21)20-15(18)19-11-12-4-3-5-13(17)10-12/h3-5,10,14H,2,6-9,11H2,1H3,(H3,18,19,20). The zero-order chi connectivity index (χ0) is 16.7. The van der Waals surface area contributed by atoms with E-state index < -0.39 is 0 Å². The minimum absolute atomic E-state index is 0.178. The van der Waals surface area contributed by atoms with Crippen LogP contribution in [0.1, 0.15) is 25.3 Å². The smallest absolute Gasteiger partial charge is 0.409 e. The van der Waals surface area contributed by atoms with Gasteiger partial charge < -0.3 is 20.7 Å². The number of carbonyl (C=O) groups is 1. The predicted molar refractivity (Wildman–Crippen MR) is 86.5 cm³/mol. The summed E-state index contributed by atoms with van der Waals surface area (Å²) < 4.78 is 18.1. The number of amides is 1. The van der Waals surface area contributed by atoms with E-state index in [-0.39, 0.29) is 18.0 Å². The monoisotopic (exact) mass is 322 g/mol. The number of hydrogen-bond donors (Lipinski definition) is 2. The Labute approximate surface area is 135 Å². The van der Waals surface area contributed by atoms with E-state index in [1.165, 1.54) is 12.1 Å². The van der Waals surface area contributed by atoms with Gasteiger partial charge in [0.15, 0.2) is 5.96 Å². The van der Waals surface area contributed by atoms with E-state index >= 15 is 0 Å². The minimum atomic E-state index is -0.282. The average molecular weight is 322 g/mol. The third kappa shape index (κ3) is 5.43. The lowest BCUT2D eigenvalue weighted by Crippen LogP contribution is -2.48. The molecule has 7 heteroatoms. The summed E-state index contributed by atoms with van der Waals surface area (Å²) in [7, 11) is 0. The zero-order valence-corrected chi connectivity index (χ0v) is 13.3. The van der Waals surface area contributed by atoms with Crippen molar-refractivity contribution in [2.45, 2.75) is 32.4 Å². The van der Waals surface area contributed by atoms with Crippen LogP contribution in [0, 0.1) is 5.82 Å². The molecule has 0 bridgehead atoms. The number of nitrogens with one attached hydrogen (secondary N) is 1. The maximum atomic E-state index is 13.1. The number of ether oxygens (including phenoxy) is 1.